The Morgan fingerprint density at radius 2 is 2.11 bits per heavy atom. The van der Waals surface area contributed by atoms with Crippen molar-refractivity contribution >= 4 is 0 Å². The molecule has 4 nitrogen and oxygen atoms in total. The summed E-state index contributed by atoms with van der Waals surface area (Å²) in [5.41, 5.74) is 1.04. The van der Waals surface area contributed by atoms with E-state index in [1.165, 1.54) is 6.42 Å². The minimum atomic E-state index is 0.257. The lowest BCUT2D eigenvalue weighted by Gasteiger charge is -2.28. The molecule has 19 heavy (non-hydrogen) atoms. The molecule has 0 bridgehead atoms. The number of ether oxygens (including phenoxy) is 2. The van der Waals surface area contributed by atoms with Crippen molar-refractivity contribution in [3.8, 4) is 5.75 Å². The molecule has 0 radical (unpaired) electrons. The van der Waals surface area contributed by atoms with E-state index in [0.29, 0.717) is 6.10 Å². The van der Waals surface area contributed by atoms with Crippen LogP contribution < -0.4 is 10.1 Å². The first-order valence-electron chi connectivity index (χ1n) is 7.05. The van der Waals surface area contributed by atoms with Crippen molar-refractivity contribution in [2.24, 2.45) is 0 Å². The van der Waals surface area contributed by atoms with Gasteiger partial charge in [-0.05, 0) is 45.4 Å². The molecule has 0 saturated heterocycles. The van der Waals surface area contributed by atoms with Gasteiger partial charge < -0.3 is 14.8 Å². The highest BCUT2D eigenvalue weighted by atomic mass is 16.5. The quantitative estimate of drug-likeness (QED) is 0.888. The number of aromatic nitrogens is 1. The number of nitrogens with zero attached hydrogens (tertiary/aromatic N) is 1. The third kappa shape index (κ3) is 3.91. The van der Waals surface area contributed by atoms with Crippen LogP contribution in [0.25, 0.3) is 0 Å². The van der Waals surface area contributed by atoms with E-state index in [9.17, 15) is 0 Å². The van der Waals surface area contributed by atoms with Crippen LogP contribution in [0.2, 0.25) is 0 Å². The molecule has 0 aromatic carbocycles. The molecule has 0 spiro atoms. The van der Waals surface area contributed by atoms with Crippen molar-refractivity contribution < 1.29 is 9.47 Å². The monoisotopic (exact) mass is 264 g/mol. The highest BCUT2D eigenvalue weighted by molar-refractivity contribution is 5.21. The van der Waals surface area contributed by atoms with Crippen molar-refractivity contribution in [1.82, 2.24) is 10.3 Å². The maximum atomic E-state index is 5.99. The lowest BCUT2D eigenvalue weighted by molar-refractivity contribution is 0.0208. The highest BCUT2D eigenvalue weighted by Gasteiger charge is 2.23. The molecule has 106 valence electrons. The van der Waals surface area contributed by atoms with Crippen molar-refractivity contribution in [3.63, 3.8) is 0 Å². The normalized spacial score (nSPS) is 25.0. The molecule has 1 aromatic rings. The summed E-state index contributed by atoms with van der Waals surface area (Å²) in [6.45, 7) is 2.09. The van der Waals surface area contributed by atoms with E-state index in [1.54, 1.807) is 7.11 Å². The first-order valence-corrected chi connectivity index (χ1v) is 7.05. The molecular weight excluding hydrogens is 240 g/mol. The van der Waals surface area contributed by atoms with E-state index in [1.807, 2.05) is 25.4 Å². The zero-order valence-electron chi connectivity index (χ0n) is 12.1. The van der Waals surface area contributed by atoms with Gasteiger partial charge in [-0.1, -0.05) is 0 Å². The third-order valence-corrected chi connectivity index (χ3v) is 3.85. The van der Waals surface area contributed by atoms with Gasteiger partial charge in [0.15, 0.2) is 0 Å². The second-order valence-corrected chi connectivity index (χ2v) is 5.19. The second kappa shape index (κ2) is 6.87. The zero-order valence-corrected chi connectivity index (χ0v) is 12.1. The Morgan fingerprint density at radius 3 is 2.74 bits per heavy atom. The average molecular weight is 264 g/mol. The molecule has 1 aliphatic carbocycles. The van der Waals surface area contributed by atoms with Crippen LogP contribution >= 0.6 is 0 Å². The van der Waals surface area contributed by atoms with Gasteiger partial charge in [-0.3, -0.25) is 4.98 Å². The number of nitrogens with one attached hydrogen (secondary N) is 1. The summed E-state index contributed by atoms with van der Waals surface area (Å²) in [5.74, 6) is 0.855. The fourth-order valence-corrected chi connectivity index (χ4v) is 2.48. The maximum Gasteiger partial charge on any atom is 0.138 e. The van der Waals surface area contributed by atoms with Gasteiger partial charge in [0.1, 0.15) is 11.9 Å². The minimum Gasteiger partial charge on any atom is -0.489 e. The minimum absolute atomic E-state index is 0.257. The molecule has 1 heterocycles. The van der Waals surface area contributed by atoms with Crippen molar-refractivity contribution in [2.45, 2.75) is 50.9 Å². The van der Waals surface area contributed by atoms with Crippen LogP contribution in [-0.4, -0.2) is 31.3 Å². The molecule has 4 heteroatoms. The van der Waals surface area contributed by atoms with E-state index >= 15 is 0 Å². The molecule has 1 N–H and O–H groups in total. The maximum absolute atomic E-state index is 5.99. The Labute approximate surface area is 115 Å². The molecule has 0 aliphatic heterocycles. The number of hydrogen-bond donors (Lipinski definition) is 1. The molecule has 1 fully saturated rings. The number of rotatable bonds is 5. The first kappa shape index (κ1) is 14.3. The number of methoxy groups -OCH3 is 1. The van der Waals surface area contributed by atoms with Crippen molar-refractivity contribution in [1.29, 1.82) is 0 Å². The van der Waals surface area contributed by atoms with Gasteiger partial charge in [0.25, 0.3) is 0 Å². The van der Waals surface area contributed by atoms with E-state index in [-0.39, 0.29) is 12.1 Å². The summed E-state index contributed by atoms with van der Waals surface area (Å²) in [6.07, 6.45) is 6.82. The van der Waals surface area contributed by atoms with Gasteiger partial charge >= 0.3 is 0 Å². The fraction of sp³-hybridized carbons (Fsp3) is 0.667. The molecule has 3 unspecified atom stereocenters. The molecule has 1 aromatic heterocycles. The zero-order chi connectivity index (χ0) is 13.7. The lowest BCUT2D eigenvalue weighted by Crippen LogP contribution is -2.29. The summed E-state index contributed by atoms with van der Waals surface area (Å²) in [7, 11) is 3.71. The highest BCUT2D eigenvalue weighted by Crippen LogP contribution is 2.25. The molecule has 3 atom stereocenters. The molecule has 0 amide bonds. The standard InChI is InChI=1S/C15H24N2O2/c1-11(16-2)15-8-7-14(10-17-15)19-13-6-4-5-12(9-13)18-3/h7-8,10-13,16H,4-6,9H2,1-3H3. The molecule has 2 rings (SSSR count). The third-order valence-electron chi connectivity index (χ3n) is 3.85. The number of pyridine rings is 1. The largest absolute Gasteiger partial charge is 0.489 e. The summed E-state index contributed by atoms with van der Waals surface area (Å²) >= 11 is 0. The summed E-state index contributed by atoms with van der Waals surface area (Å²) in [6, 6.07) is 4.29. The predicted molar refractivity (Wildman–Crippen MR) is 75.4 cm³/mol. The van der Waals surface area contributed by atoms with Crippen LogP contribution in [0.1, 0.15) is 44.3 Å². The smallest absolute Gasteiger partial charge is 0.138 e. The lowest BCUT2D eigenvalue weighted by atomic mass is 9.95. The van der Waals surface area contributed by atoms with Crippen molar-refractivity contribution in [2.75, 3.05) is 14.2 Å². The van der Waals surface area contributed by atoms with Crippen LogP contribution in [0, 0.1) is 0 Å². The second-order valence-electron chi connectivity index (χ2n) is 5.19. The van der Waals surface area contributed by atoms with E-state index in [4.69, 9.17) is 9.47 Å². The Hall–Kier alpha value is -1.13. The topological polar surface area (TPSA) is 43.4 Å². The first-order chi connectivity index (χ1) is 9.22. The van der Waals surface area contributed by atoms with Crippen molar-refractivity contribution in [3.05, 3.63) is 24.0 Å². The SMILES string of the molecule is CNC(C)c1ccc(OC2CCCC(OC)C2)cn1. The van der Waals surface area contributed by atoms with Gasteiger partial charge in [0.05, 0.1) is 18.0 Å². The Balaban J connectivity index is 1.92. The summed E-state index contributed by atoms with van der Waals surface area (Å²) in [5, 5.41) is 3.18. The van der Waals surface area contributed by atoms with Gasteiger partial charge in [-0.25, -0.2) is 0 Å². The molecular formula is C15H24N2O2. The van der Waals surface area contributed by atoms with E-state index in [2.05, 4.69) is 17.2 Å². The van der Waals surface area contributed by atoms with Gasteiger partial charge in [0, 0.05) is 19.6 Å². The van der Waals surface area contributed by atoms with Crippen LogP contribution in [0.4, 0.5) is 0 Å². The van der Waals surface area contributed by atoms with E-state index in [0.717, 1.165) is 30.7 Å². The number of hydrogen-bond acceptors (Lipinski definition) is 4. The Bertz CT molecular complexity index is 380. The van der Waals surface area contributed by atoms with Crippen LogP contribution in [0.15, 0.2) is 18.3 Å². The fourth-order valence-electron chi connectivity index (χ4n) is 2.48. The predicted octanol–water partition coefficient (Wildman–Crippen LogP) is 2.70. The Morgan fingerprint density at radius 1 is 1.32 bits per heavy atom. The average Bonchev–Trinajstić information content (AvgIpc) is 2.47. The Kier molecular flexibility index (Phi) is 5.16. The van der Waals surface area contributed by atoms with Gasteiger partial charge in [-0.15, -0.1) is 0 Å². The summed E-state index contributed by atoms with van der Waals surface area (Å²) in [4.78, 5) is 4.44. The van der Waals surface area contributed by atoms with Crippen LogP contribution in [-0.2, 0) is 4.74 Å². The van der Waals surface area contributed by atoms with Crippen LogP contribution in [0.3, 0.4) is 0 Å². The van der Waals surface area contributed by atoms with Gasteiger partial charge in [-0.2, -0.15) is 0 Å². The molecule has 1 aliphatic rings. The summed E-state index contributed by atoms with van der Waals surface area (Å²) < 4.78 is 11.4. The van der Waals surface area contributed by atoms with Gasteiger partial charge in [0.2, 0.25) is 0 Å². The molecule has 1 saturated carbocycles. The van der Waals surface area contributed by atoms with Crippen LogP contribution in [0.5, 0.6) is 5.75 Å². The van der Waals surface area contributed by atoms with E-state index < -0.39 is 0 Å².